The Labute approximate surface area is 124 Å². The van der Waals surface area contributed by atoms with Gasteiger partial charge in [-0.15, -0.1) is 0 Å². The second-order valence-corrected chi connectivity index (χ2v) is 6.37. The van der Waals surface area contributed by atoms with Gasteiger partial charge < -0.3 is 14.3 Å². The predicted molar refractivity (Wildman–Crippen MR) is 76.7 cm³/mol. The van der Waals surface area contributed by atoms with Crippen LogP contribution in [0.4, 0.5) is 0 Å². The maximum absolute atomic E-state index is 11.8. The number of ether oxygens (including phenoxy) is 2. The summed E-state index contributed by atoms with van der Waals surface area (Å²) < 4.78 is 37.5. The van der Waals surface area contributed by atoms with E-state index in [0.717, 1.165) is 5.56 Å². The lowest BCUT2D eigenvalue weighted by molar-refractivity contribution is -0.109. The van der Waals surface area contributed by atoms with Crippen molar-refractivity contribution >= 4 is 16.5 Å². The third kappa shape index (κ3) is 3.52. The monoisotopic (exact) mass is 314 g/mol. The lowest BCUT2D eigenvalue weighted by Gasteiger charge is -2.14. The molecule has 1 aromatic carbocycles. The van der Waals surface area contributed by atoms with Crippen LogP contribution in [0.2, 0.25) is 0 Å². The molecule has 1 N–H and O–H groups in total. The summed E-state index contributed by atoms with van der Waals surface area (Å²) in [4.78, 5) is 10.7. The molecule has 1 unspecified atom stereocenters. The second-order valence-electron chi connectivity index (χ2n) is 4.66. The van der Waals surface area contributed by atoms with Gasteiger partial charge >= 0.3 is 0 Å². The van der Waals surface area contributed by atoms with E-state index in [4.69, 9.17) is 9.47 Å². The van der Waals surface area contributed by atoms with Gasteiger partial charge in [0.15, 0.2) is 11.5 Å². The average Bonchev–Trinajstić information content (AvgIpc) is 2.79. The van der Waals surface area contributed by atoms with Gasteiger partial charge in [0.1, 0.15) is 6.29 Å². The largest absolute Gasteiger partial charge is 0.493 e. The zero-order chi connectivity index (χ0) is 15.5. The molecule has 2 rings (SSSR count). The molecule has 0 amide bonds. The molecule has 1 atom stereocenters. The van der Waals surface area contributed by atoms with Crippen molar-refractivity contribution in [1.82, 2.24) is 9.03 Å². The van der Waals surface area contributed by atoms with Crippen molar-refractivity contribution in [1.29, 1.82) is 0 Å². The van der Waals surface area contributed by atoms with Gasteiger partial charge in [-0.1, -0.05) is 6.07 Å². The maximum atomic E-state index is 11.8. The molecule has 8 heteroatoms. The minimum atomic E-state index is -3.55. The molecule has 1 fully saturated rings. The van der Waals surface area contributed by atoms with Crippen molar-refractivity contribution in [3.8, 4) is 11.5 Å². The first kappa shape index (κ1) is 15.7. The first-order valence-electron chi connectivity index (χ1n) is 6.43. The van der Waals surface area contributed by atoms with Crippen LogP contribution in [0, 0.1) is 0 Å². The Balaban J connectivity index is 2.05. The molecule has 0 radical (unpaired) electrons. The fourth-order valence-electron chi connectivity index (χ4n) is 2.19. The summed E-state index contributed by atoms with van der Waals surface area (Å²) >= 11 is 0. The summed E-state index contributed by atoms with van der Waals surface area (Å²) in [6.07, 6.45) is 1.13. The molecule has 0 saturated carbocycles. The minimum Gasteiger partial charge on any atom is -0.493 e. The first-order valence-corrected chi connectivity index (χ1v) is 7.87. The maximum Gasteiger partial charge on any atom is 0.280 e. The number of rotatable bonds is 6. The van der Waals surface area contributed by atoms with Crippen LogP contribution in [-0.2, 0) is 21.4 Å². The van der Waals surface area contributed by atoms with Crippen LogP contribution >= 0.6 is 0 Å². The van der Waals surface area contributed by atoms with Crippen LogP contribution in [0.5, 0.6) is 11.5 Å². The molecular weight excluding hydrogens is 296 g/mol. The van der Waals surface area contributed by atoms with E-state index < -0.39 is 16.3 Å². The van der Waals surface area contributed by atoms with Crippen molar-refractivity contribution in [2.45, 2.75) is 12.5 Å². The van der Waals surface area contributed by atoms with E-state index in [1.54, 1.807) is 20.3 Å². The molecule has 1 aliphatic rings. The van der Waals surface area contributed by atoms with Gasteiger partial charge in [0.05, 0.1) is 20.3 Å². The Morgan fingerprint density at radius 1 is 1.33 bits per heavy atom. The molecule has 116 valence electrons. The Bertz CT molecular complexity index is 617. The first-order chi connectivity index (χ1) is 10.00. The van der Waals surface area contributed by atoms with Crippen molar-refractivity contribution in [3.63, 3.8) is 0 Å². The van der Waals surface area contributed by atoms with Crippen LogP contribution in [0.1, 0.15) is 5.56 Å². The van der Waals surface area contributed by atoms with Crippen molar-refractivity contribution in [2.75, 3.05) is 27.3 Å². The van der Waals surface area contributed by atoms with Crippen molar-refractivity contribution < 1.29 is 22.7 Å². The van der Waals surface area contributed by atoms with Crippen molar-refractivity contribution in [2.24, 2.45) is 0 Å². The van der Waals surface area contributed by atoms with Gasteiger partial charge in [-0.25, -0.2) is 0 Å². The van der Waals surface area contributed by atoms with E-state index in [1.165, 1.54) is 4.31 Å². The lowest BCUT2D eigenvalue weighted by Crippen LogP contribution is -2.31. The van der Waals surface area contributed by atoms with Crippen LogP contribution in [-0.4, -0.2) is 52.4 Å². The fourth-order valence-corrected chi connectivity index (χ4v) is 3.54. The summed E-state index contributed by atoms with van der Waals surface area (Å²) in [5.74, 6) is 1.22. The molecule has 21 heavy (non-hydrogen) atoms. The van der Waals surface area contributed by atoms with E-state index in [0.29, 0.717) is 30.8 Å². The summed E-state index contributed by atoms with van der Waals surface area (Å²) in [5, 5.41) is 0. The predicted octanol–water partition coefficient (Wildman–Crippen LogP) is -0.0362. The van der Waals surface area contributed by atoms with Gasteiger partial charge in [-0.05, 0) is 24.1 Å². The Morgan fingerprint density at radius 3 is 2.62 bits per heavy atom. The molecule has 7 nitrogen and oxygen atoms in total. The van der Waals surface area contributed by atoms with Gasteiger partial charge in [0, 0.05) is 13.1 Å². The third-order valence-electron chi connectivity index (χ3n) is 3.30. The fraction of sp³-hybridized carbons (Fsp3) is 0.462. The van der Waals surface area contributed by atoms with E-state index in [1.807, 2.05) is 12.1 Å². The van der Waals surface area contributed by atoms with Gasteiger partial charge in [-0.2, -0.15) is 17.4 Å². The highest BCUT2D eigenvalue weighted by Gasteiger charge is 2.34. The number of nitrogens with one attached hydrogen (secondary N) is 1. The smallest absolute Gasteiger partial charge is 0.280 e. The number of nitrogens with zero attached hydrogens (tertiary/aromatic N) is 1. The minimum absolute atomic E-state index is 0.166. The van der Waals surface area contributed by atoms with Crippen molar-refractivity contribution in [3.05, 3.63) is 23.8 Å². The molecule has 0 aliphatic carbocycles. The third-order valence-corrected chi connectivity index (χ3v) is 4.91. The normalized spacial score (nSPS) is 21.1. The Hall–Kier alpha value is -1.64. The number of carbonyl (C=O) groups is 1. The molecule has 0 spiro atoms. The molecule has 1 aliphatic heterocycles. The van der Waals surface area contributed by atoms with Crippen LogP contribution in [0.15, 0.2) is 18.2 Å². The number of benzene rings is 1. The number of aldehydes is 1. The number of carbonyl (C=O) groups excluding carboxylic acids is 1. The zero-order valence-electron chi connectivity index (χ0n) is 11.9. The molecule has 1 heterocycles. The average molecular weight is 314 g/mol. The van der Waals surface area contributed by atoms with E-state index in [-0.39, 0.29) is 6.54 Å². The van der Waals surface area contributed by atoms with Crippen LogP contribution in [0.25, 0.3) is 0 Å². The Morgan fingerprint density at radius 2 is 2.05 bits per heavy atom. The molecular formula is C13H18N2O5S. The lowest BCUT2D eigenvalue weighted by atomic mass is 10.1. The summed E-state index contributed by atoms with van der Waals surface area (Å²) in [6, 6.07) is 4.78. The molecule has 1 saturated heterocycles. The SMILES string of the molecule is COc1ccc(CCN2CC(C=O)NS2(=O)=O)cc1OC. The standard InChI is InChI=1S/C13H18N2O5S/c1-19-12-4-3-10(7-13(12)20-2)5-6-15-8-11(9-16)14-21(15,17)18/h3-4,7,9,11,14H,5-6,8H2,1-2H3. The number of methoxy groups -OCH3 is 2. The summed E-state index contributed by atoms with van der Waals surface area (Å²) in [6.45, 7) is 0.467. The Kier molecular flexibility index (Phi) is 4.81. The quantitative estimate of drug-likeness (QED) is 0.745. The number of hydrogen-bond donors (Lipinski definition) is 1. The summed E-state index contributed by atoms with van der Waals surface area (Å²) in [5.41, 5.74) is 0.928. The topological polar surface area (TPSA) is 84.9 Å². The van der Waals surface area contributed by atoms with E-state index in [9.17, 15) is 13.2 Å². The highest BCUT2D eigenvalue weighted by Crippen LogP contribution is 2.27. The highest BCUT2D eigenvalue weighted by molar-refractivity contribution is 7.87. The second kappa shape index (κ2) is 6.42. The molecule has 0 bridgehead atoms. The summed E-state index contributed by atoms with van der Waals surface area (Å²) in [7, 11) is -0.449. The number of hydrogen-bond acceptors (Lipinski definition) is 5. The van der Waals surface area contributed by atoms with Gasteiger partial charge in [0.25, 0.3) is 10.2 Å². The molecule has 0 aromatic heterocycles. The zero-order valence-corrected chi connectivity index (χ0v) is 12.7. The van der Waals surface area contributed by atoms with Gasteiger partial charge in [-0.3, -0.25) is 0 Å². The van der Waals surface area contributed by atoms with Crippen LogP contribution in [0.3, 0.4) is 0 Å². The highest BCUT2D eigenvalue weighted by atomic mass is 32.2. The van der Waals surface area contributed by atoms with E-state index in [2.05, 4.69) is 4.72 Å². The molecule has 1 aromatic rings. The van der Waals surface area contributed by atoms with E-state index >= 15 is 0 Å². The van der Waals surface area contributed by atoms with Gasteiger partial charge in [0.2, 0.25) is 0 Å². The van der Waals surface area contributed by atoms with Crippen LogP contribution < -0.4 is 14.2 Å².